The first kappa shape index (κ1) is 14.2. The van der Waals surface area contributed by atoms with Gasteiger partial charge >= 0.3 is 0 Å². The summed E-state index contributed by atoms with van der Waals surface area (Å²) in [5.74, 6) is 0.242. The summed E-state index contributed by atoms with van der Waals surface area (Å²) in [6, 6.07) is 4.16. The maximum Gasteiger partial charge on any atom is 0.222 e. The number of carbonyl (C=O) groups excluding carboxylic acids is 1. The highest BCUT2D eigenvalue weighted by molar-refractivity contribution is 6.33. The molecule has 1 heterocycles. The van der Waals surface area contributed by atoms with E-state index in [1.165, 1.54) is 11.1 Å². The zero-order valence-electron chi connectivity index (χ0n) is 11.9. The third-order valence-electron chi connectivity index (χ3n) is 3.65. The van der Waals surface area contributed by atoms with Crippen molar-refractivity contribution in [2.75, 3.05) is 31.1 Å². The van der Waals surface area contributed by atoms with Gasteiger partial charge in [-0.25, -0.2) is 0 Å². The Bertz CT molecular complexity index is 456. The summed E-state index contributed by atoms with van der Waals surface area (Å²) in [5, 5.41) is 0.813. The largest absolute Gasteiger partial charge is 0.367 e. The topological polar surface area (TPSA) is 23.6 Å². The molecule has 1 aliphatic rings. The summed E-state index contributed by atoms with van der Waals surface area (Å²) >= 11 is 6.37. The average molecular weight is 281 g/mol. The fraction of sp³-hybridized carbons (Fsp3) is 0.533. The molecule has 1 aromatic rings. The lowest BCUT2D eigenvalue weighted by Gasteiger charge is -2.37. The second-order valence-corrected chi connectivity index (χ2v) is 5.54. The summed E-state index contributed by atoms with van der Waals surface area (Å²) < 4.78 is 0. The minimum Gasteiger partial charge on any atom is -0.367 e. The molecule has 1 aromatic carbocycles. The average Bonchev–Trinajstić information content (AvgIpc) is 2.37. The molecular weight excluding hydrogens is 260 g/mol. The van der Waals surface area contributed by atoms with Crippen LogP contribution in [-0.4, -0.2) is 37.0 Å². The van der Waals surface area contributed by atoms with Gasteiger partial charge in [0.2, 0.25) is 5.91 Å². The molecular formula is C15H21ClN2O. The quantitative estimate of drug-likeness (QED) is 0.831. The van der Waals surface area contributed by atoms with Crippen molar-refractivity contribution < 1.29 is 4.79 Å². The van der Waals surface area contributed by atoms with E-state index in [2.05, 4.69) is 24.8 Å². The molecule has 2 rings (SSSR count). The van der Waals surface area contributed by atoms with Crippen molar-refractivity contribution in [2.45, 2.75) is 27.2 Å². The van der Waals surface area contributed by atoms with Gasteiger partial charge in [0.05, 0.1) is 10.7 Å². The number of nitrogens with zero attached hydrogens (tertiary/aromatic N) is 2. The van der Waals surface area contributed by atoms with Crippen molar-refractivity contribution in [3.8, 4) is 0 Å². The first-order valence-corrected chi connectivity index (χ1v) is 7.20. The molecule has 0 aromatic heterocycles. The van der Waals surface area contributed by atoms with Crippen LogP contribution in [0.1, 0.15) is 24.5 Å². The van der Waals surface area contributed by atoms with Crippen LogP contribution in [0.25, 0.3) is 0 Å². The van der Waals surface area contributed by atoms with Crippen LogP contribution < -0.4 is 4.90 Å². The first-order valence-electron chi connectivity index (χ1n) is 6.82. The zero-order chi connectivity index (χ0) is 14.0. The van der Waals surface area contributed by atoms with Crippen LogP contribution in [0.2, 0.25) is 5.02 Å². The molecule has 3 nitrogen and oxygen atoms in total. The standard InChI is InChI=1S/C15H21ClN2O/c1-4-14(19)17-5-7-18(8-6-17)15-12(3)9-11(2)10-13(15)16/h9-10H,4-8H2,1-3H3. The minimum atomic E-state index is 0.242. The monoisotopic (exact) mass is 280 g/mol. The van der Waals surface area contributed by atoms with Crippen LogP contribution in [0, 0.1) is 13.8 Å². The highest BCUT2D eigenvalue weighted by atomic mass is 35.5. The van der Waals surface area contributed by atoms with E-state index >= 15 is 0 Å². The SMILES string of the molecule is CCC(=O)N1CCN(c2c(C)cc(C)cc2Cl)CC1. The van der Waals surface area contributed by atoms with Gasteiger partial charge in [-0.2, -0.15) is 0 Å². The van der Waals surface area contributed by atoms with Crippen molar-refractivity contribution >= 4 is 23.2 Å². The number of amides is 1. The molecule has 0 bridgehead atoms. The fourth-order valence-electron chi connectivity index (χ4n) is 2.71. The Kier molecular flexibility index (Phi) is 4.35. The Hall–Kier alpha value is -1.22. The van der Waals surface area contributed by atoms with Gasteiger partial charge in [0.25, 0.3) is 0 Å². The summed E-state index contributed by atoms with van der Waals surface area (Å²) in [5.41, 5.74) is 3.52. The van der Waals surface area contributed by atoms with Crippen LogP contribution in [0.3, 0.4) is 0 Å². The number of halogens is 1. The molecule has 0 saturated carbocycles. The molecule has 0 spiro atoms. The molecule has 0 N–H and O–H groups in total. The molecule has 1 amide bonds. The van der Waals surface area contributed by atoms with Crippen LogP contribution in [0.5, 0.6) is 0 Å². The van der Waals surface area contributed by atoms with Gasteiger partial charge in [0.15, 0.2) is 0 Å². The van der Waals surface area contributed by atoms with Gasteiger partial charge in [0.1, 0.15) is 0 Å². The fourth-order valence-corrected chi connectivity index (χ4v) is 3.15. The predicted octanol–water partition coefficient (Wildman–Crippen LogP) is 3.02. The maximum atomic E-state index is 11.7. The molecule has 0 radical (unpaired) electrons. The van der Waals surface area contributed by atoms with Crippen LogP contribution in [0.4, 0.5) is 5.69 Å². The van der Waals surface area contributed by atoms with E-state index in [4.69, 9.17) is 11.6 Å². The van der Waals surface area contributed by atoms with Crippen molar-refractivity contribution in [1.82, 2.24) is 4.90 Å². The molecule has 1 fully saturated rings. The van der Waals surface area contributed by atoms with Gasteiger partial charge in [-0.1, -0.05) is 24.6 Å². The van der Waals surface area contributed by atoms with Gasteiger partial charge in [-0.3, -0.25) is 4.79 Å². The highest BCUT2D eigenvalue weighted by Crippen LogP contribution is 2.31. The van der Waals surface area contributed by atoms with Crippen molar-refractivity contribution in [2.24, 2.45) is 0 Å². The van der Waals surface area contributed by atoms with Gasteiger partial charge in [-0.15, -0.1) is 0 Å². The number of anilines is 1. The third-order valence-corrected chi connectivity index (χ3v) is 3.94. The number of carbonyl (C=O) groups is 1. The second kappa shape index (κ2) is 5.83. The Labute approximate surface area is 120 Å². The molecule has 104 valence electrons. The summed E-state index contributed by atoms with van der Waals surface area (Å²) in [4.78, 5) is 15.9. The van der Waals surface area contributed by atoms with E-state index < -0.39 is 0 Å². The Morgan fingerprint density at radius 3 is 2.37 bits per heavy atom. The van der Waals surface area contributed by atoms with Crippen LogP contribution >= 0.6 is 11.6 Å². The number of piperazine rings is 1. The van der Waals surface area contributed by atoms with Gasteiger partial charge in [0, 0.05) is 32.6 Å². The Morgan fingerprint density at radius 2 is 1.84 bits per heavy atom. The molecule has 0 aliphatic carbocycles. The number of benzene rings is 1. The van der Waals surface area contributed by atoms with E-state index in [1.54, 1.807) is 0 Å². The molecule has 0 atom stereocenters. The van der Waals surface area contributed by atoms with Gasteiger partial charge < -0.3 is 9.80 Å². The summed E-state index contributed by atoms with van der Waals surface area (Å²) in [6.45, 7) is 9.35. The molecule has 1 saturated heterocycles. The normalized spacial score (nSPS) is 15.8. The second-order valence-electron chi connectivity index (χ2n) is 5.13. The summed E-state index contributed by atoms with van der Waals surface area (Å²) in [7, 11) is 0. The van der Waals surface area contributed by atoms with Crippen LogP contribution in [-0.2, 0) is 4.79 Å². The van der Waals surface area contributed by atoms with Gasteiger partial charge in [-0.05, 0) is 31.0 Å². The lowest BCUT2D eigenvalue weighted by Crippen LogP contribution is -2.48. The zero-order valence-corrected chi connectivity index (χ0v) is 12.6. The first-order chi connectivity index (χ1) is 9.02. The van der Waals surface area contributed by atoms with E-state index in [9.17, 15) is 4.79 Å². The summed E-state index contributed by atoms with van der Waals surface area (Å²) in [6.07, 6.45) is 0.588. The van der Waals surface area contributed by atoms with E-state index in [1.807, 2.05) is 17.9 Å². The lowest BCUT2D eigenvalue weighted by molar-refractivity contribution is -0.131. The molecule has 1 aliphatic heterocycles. The smallest absolute Gasteiger partial charge is 0.222 e. The number of hydrogen-bond donors (Lipinski definition) is 0. The number of hydrogen-bond acceptors (Lipinski definition) is 2. The van der Waals surface area contributed by atoms with E-state index in [0.717, 1.165) is 36.9 Å². The van der Waals surface area contributed by atoms with Crippen LogP contribution in [0.15, 0.2) is 12.1 Å². The maximum absolute atomic E-state index is 11.7. The molecule has 19 heavy (non-hydrogen) atoms. The highest BCUT2D eigenvalue weighted by Gasteiger charge is 2.22. The van der Waals surface area contributed by atoms with Crippen molar-refractivity contribution in [3.05, 3.63) is 28.3 Å². The number of rotatable bonds is 2. The Balaban J connectivity index is 2.12. The van der Waals surface area contributed by atoms with Crippen molar-refractivity contribution in [1.29, 1.82) is 0 Å². The molecule has 0 unspecified atom stereocenters. The lowest BCUT2D eigenvalue weighted by atomic mass is 10.1. The Morgan fingerprint density at radius 1 is 1.21 bits per heavy atom. The van der Waals surface area contributed by atoms with E-state index in [0.29, 0.717) is 6.42 Å². The third kappa shape index (κ3) is 3.03. The van der Waals surface area contributed by atoms with E-state index in [-0.39, 0.29) is 5.91 Å². The minimum absolute atomic E-state index is 0.242. The van der Waals surface area contributed by atoms with Crippen molar-refractivity contribution in [3.63, 3.8) is 0 Å². The molecule has 4 heteroatoms. The number of aryl methyl sites for hydroxylation is 2. The predicted molar refractivity (Wildman–Crippen MR) is 80.0 cm³/mol.